The summed E-state index contributed by atoms with van der Waals surface area (Å²) in [6.07, 6.45) is 3.30. The van der Waals surface area contributed by atoms with Gasteiger partial charge in [-0.3, -0.25) is 4.79 Å². The second kappa shape index (κ2) is 4.57. The average molecular weight is 198 g/mol. The van der Waals surface area contributed by atoms with E-state index in [0.717, 1.165) is 12.8 Å². The van der Waals surface area contributed by atoms with E-state index in [-0.39, 0.29) is 5.91 Å². The van der Waals surface area contributed by atoms with Crippen molar-refractivity contribution in [1.82, 2.24) is 4.90 Å². The summed E-state index contributed by atoms with van der Waals surface area (Å²) in [6, 6.07) is 0. The lowest BCUT2D eigenvalue weighted by Gasteiger charge is -2.23. The number of amides is 1. The van der Waals surface area contributed by atoms with Crippen LogP contribution < -0.4 is 5.73 Å². The molecule has 0 atom stereocenters. The highest BCUT2D eigenvalue weighted by Crippen LogP contribution is 2.33. The van der Waals surface area contributed by atoms with Crippen molar-refractivity contribution in [2.75, 3.05) is 26.8 Å². The molecule has 0 aromatic heterocycles. The van der Waals surface area contributed by atoms with Gasteiger partial charge in [0.25, 0.3) is 0 Å². The number of nitrogens with two attached hydrogens (primary N) is 1. The number of nitrogens with zero attached hydrogens (tertiary/aromatic N) is 1. The zero-order chi connectivity index (χ0) is 10.6. The maximum atomic E-state index is 11.8. The Labute approximate surface area is 84.7 Å². The third kappa shape index (κ3) is 2.56. The zero-order valence-electron chi connectivity index (χ0n) is 8.66. The summed E-state index contributed by atoms with van der Waals surface area (Å²) < 4.78 is 4.93. The van der Waals surface area contributed by atoms with Crippen LogP contribution >= 0.6 is 0 Å². The number of hydrogen-bond acceptors (Lipinski definition) is 3. The SMILES string of the molecule is C=CCN(CCOC)C(=O)C1(N)CC1. The van der Waals surface area contributed by atoms with Crippen LogP contribution in [-0.4, -0.2) is 43.2 Å². The van der Waals surface area contributed by atoms with Crippen LogP contribution in [0, 0.1) is 0 Å². The smallest absolute Gasteiger partial charge is 0.243 e. The van der Waals surface area contributed by atoms with Crippen molar-refractivity contribution >= 4 is 5.91 Å². The van der Waals surface area contributed by atoms with Crippen LogP contribution in [0.3, 0.4) is 0 Å². The van der Waals surface area contributed by atoms with Gasteiger partial charge < -0.3 is 15.4 Å². The number of carbonyl (C=O) groups excluding carboxylic acids is 1. The van der Waals surface area contributed by atoms with Crippen molar-refractivity contribution in [2.45, 2.75) is 18.4 Å². The minimum atomic E-state index is -0.587. The molecule has 1 aliphatic carbocycles. The lowest BCUT2D eigenvalue weighted by Crippen LogP contribution is -2.46. The van der Waals surface area contributed by atoms with Crippen LogP contribution in [0.2, 0.25) is 0 Å². The first-order chi connectivity index (χ1) is 6.64. The van der Waals surface area contributed by atoms with Gasteiger partial charge in [0.2, 0.25) is 5.91 Å². The molecule has 0 aromatic carbocycles. The standard InChI is InChI=1S/C10H18N2O2/c1-3-6-12(7-8-14-2)9(13)10(11)4-5-10/h3H,1,4-8,11H2,2H3. The van der Waals surface area contributed by atoms with Crippen LogP contribution in [0.1, 0.15) is 12.8 Å². The van der Waals surface area contributed by atoms with Crippen LogP contribution in [0.5, 0.6) is 0 Å². The molecule has 1 amide bonds. The second-order valence-electron chi connectivity index (χ2n) is 3.69. The van der Waals surface area contributed by atoms with Gasteiger partial charge in [0, 0.05) is 20.2 Å². The quantitative estimate of drug-likeness (QED) is 0.618. The van der Waals surface area contributed by atoms with Crippen molar-refractivity contribution in [3.63, 3.8) is 0 Å². The fourth-order valence-corrected chi connectivity index (χ4v) is 1.30. The topological polar surface area (TPSA) is 55.6 Å². The molecule has 0 unspecified atom stereocenters. The molecule has 80 valence electrons. The first-order valence-electron chi connectivity index (χ1n) is 4.82. The highest BCUT2D eigenvalue weighted by Gasteiger charge is 2.47. The van der Waals surface area contributed by atoms with Gasteiger partial charge in [0.05, 0.1) is 12.1 Å². The molecule has 4 nitrogen and oxygen atoms in total. The summed E-state index contributed by atoms with van der Waals surface area (Å²) in [7, 11) is 1.62. The molecule has 0 heterocycles. The molecule has 1 rings (SSSR count). The van der Waals surface area contributed by atoms with Crippen LogP contribution in [0.4, 0.5) is 0 Å². The average Bonchev–Trinajstić information content (AvgIpc) is 2.91. The number of methoxy groups -OCH3 is 1. The van der Waals surface area contributed by atoms with Gasteiger partial charge in [-0.25, -0.2) is 0 Å². The normalized spacial score (nSPS) is 17.6. The summed E-state index contributed by atoms with van der Waals surface area (Å²) >= 11 is 0. The Morgan fingerprint density at radius 3 is 2.79 bits per heavy atom. The van der Waals surface area contributed by atoms with Crippen LogP contribution in [0.15, 0.2) is 12.7 Å². The van der Waals surface area contributed by atoms with E-state index in [1.54, 1.807) is 18.1 Å². The highest BCUT2D eigenvalue weighted by molar-refractivity contribution is 5.89. The molecule has 1 aliphatic rings. The van der Waals surface area contributed by atoms with Gasteiger partial charge in [0.1, 0.15) is 0 Å². The van der Waals surface area contributed by atoms with E-state index >= 15 is 0 Å². The summed E-state index contributed by atoms with van der Waals surface area (Å²) in [6.45, 7) is 5.28. The molecule has 0 saturated heterocycles. The minimum absolute atomic E-state index is 0.0226. The fraction of sp³-hybridized carbons (Fsp3) is 0.700. The zero-order valence-corrected chi connectivity index (χ0v) is 8.66. The molecular weight excluding hydrogens is 180 g/mol. The summed E-state index contributed by atoms with van der Waals surface area (Å²) in [5, 5.41) is 0. The van der Waals surface area contributed by atoms with Crippen LogP contribution in [0.25, 0.3) is 0 Å². The molecule has 1 fully saturated rings. The third-order valence-corrected chi connectivity index (χ3v) is 2.42. The Balaban J connectivity index is 2.48. The van der Waals surface area contributed by atoms with Gasteiger partial charge in [-0.05, 0) is 12.8 Å². The van der Waals surface area contributed by atoms with Crippen molar-refractivity contribution < 1.29 is 9.53 Å². The summed E-state index contributed by atoms with van der Waals surface area (Å²) in [4.78, 5) is 13.5. The minimum Gasteiger partial charge on any atom is -0.383 e. The molecule has 1 saturated carbocycles. The second-order valence-corrected chi connectivity index (χ2v) is 3.69. The van der Waals surface area contributed by atoms with Crippen molar-refractivity contribution in [2.24, 2.45) is 5.73 Å². The maximum Gasteiger partial charge on any atom is 0.243 e. The third-order valence-electron chi connectivity index (χ3n) is 2.42. The summed E-state index contributed by atoms with van der Waals surface area (Å²) in [5.41, 5.74) is 5.24. The van der Waals surface area contributed by atoms with Gasteiger partial charge in [-0.2, -0.15) is 0 Å². The molecule has 0 spiro atoms. The first-order valence-corrected chi connectivity index (χ1v) is 4.82. The predicted molar refractivity (Wildman–Crippen MR) is 54.8 cm³/mol. The molecule has 0 bridgehead atoms. The largest absolute Gasteiger partial charge is 0.383 e. The van der Waals surface area contributed by atoms with Gasteiger partial charge in [0.15, 0.2) is 0 Å². The molecule has 2 N–H and O–H groups in total. The Morgan fingerprint density at radius 1 is 1.71 bits per heavy atom. The number of hydrogen-bond donors (Lipinski definition) is 1. The molecular formula is C10H18N2O2. The molecule has 4 heteroatoms. The maximum absolute atomic E-state index is 11.8. The van der Waals surface area contributed by atoms with E-state index in [1.807, 2.05) is 0 Å². The fourth-order valence-electron chi connectivity index (χ4n) is 1.30. The van der Waals surface area contributed by atoms with E-state index < -0.39 is 5.54 Å². The van der Waals surface area contributed by atoms with E-state index in [2.05, 4.69) is 6.58 Å². The van der Waals surface area contributed by atoms with Gasteiger partial charge >= 0.3 is 0 Å². The van der Waals surface area contributed by atoms with E-state index in [0.29, 0.717) is 19.7 Å². The van der Waals surface area contributed by atoms with E-state index in [1.165, 1.54) is 0 Å². The van der Waals surface area contributed by atoms with E-state index in [4.69, 9.17) is 10.5 Å². The molecule has 0 aromatic rings. The van der Waals surface area contributed by atoms with Crippen molar-refractivity contribution in [3.8, 4) is 0 Å². The summed E-state index contributed by atoms with van der Waals surface area (Å²) in [5.74, 6) is 0.0226. The molecule has 0 aliphatic heterocycles. The number of rotatable bonds is 6. The van der Waals surface area contributed by atoms with E-state index in [9.17, 15) is 4.79 Å². The Bertz CT molecular complexity index is 224. The lowest BCUT2D eigenvalue weighted by atomic mass is 10.2. The number of ether oxygens (including phenoxy) is 1. The monoisotopic (exact) mass is 198 g/mol. The molecule has 0 radical (unpaired) electrons. The van der Waals surface area contributed by atoms with Crippen molar-refractivity contribution in [3.05, 3.63) is 12.7 Å². The lowest BCUT2D eigenvalue weighted by molar-refractivity contribution is -0.133. The Morgan fingerprint density at radius 2 is 2.36 bits per heavy atom. The Kier molecular flexibility index (Phi) is 3.66. The number of carbonyl (C=O) groups is 1. The predicted octanol–water partition coefficient (Wildman–Crippen LogP) is 0.139. The van der Waals surface area contributed by atoms with Crippen molar-refractivity contribution in [1.29, 1.82) is 0 Å². The van der Waals surface area contributed by atoms with Crippen LogP contribution in [-0.2, 0) is 9.53 Å². The van der Waals surface area contributed by atoms with Gasteiger partial charge in [-0.1, -0.05) is 6.08 Å². The Hall–Kier alpha value is -0.870. The first kappa shape index (κ1) is 11.2. The van der Waals surface area contributed by atoms with Gasteiger partial charge in [-0.15, -0.1) is 6.58 Å². The highest BCUT2D eigenvalue weighted by atomic mass is 16.5. The molecule has 14 heavy (non-hydrogen) atoms.